The van der Waals surface area contributed by atoms with Gasteiger partial charge in [-0.2, -0.15) is 0 Å². The average Bonchev–Trinajstić information content (AvgIpc) is 2.12. The quantitative estimate of drug-likeness (QED) is 0.437. The Morgan fingerprint density at radius 2 is 2.12 bits per heavy atom. The van der Waals surface area contributed by atoms with Crippen molar-refractivity contribution in [2.45, 2.75) is 12.4 Å². The van der Waals surface area contributed by atoms with Crippen LogP contribution in [0.5, 0.6) is 0 Å². The van der Waals surface area contributed by atoms with Crippen LogP contribution in [0.3, 0.4) is 0 Å². The number of fused-ring (bicyclic) bond motifs is 2. The van der Waals surface area contributed by atoms with Gasteiger partial charge in [0.15, 0.2) is 6.29 Å². The second kappa shape index (κ2) is 1.69. The maximum atomic E-state index is 5.25. The topological polar surface area (TPSA) is 27.7 Å². The Bertz CT molecular complexity index is 79.7. The van der Waals surface area contributed by atoms with Crippen LogP contribution in [0.1, 0.15) is 0 Å². The van der Waals surface area contributed by atoms with Crippen molar-refractivity contribution in [3.05, 3.63) is 0 Å². The lowest BCUT2D eigenvalue weighted by molar-refractivity contribution is -0.151. The van der Waals surface area contributed by atoms with Crippen molar-refractivity contribution in [3.63, 3.8) is 0 Å². The summed E-state index contributed by atoms with van der Waals surface area (Å²) in [6.45, 7) is 2.03. The van der Waals surface area contributed by atoms with Crippen molar-refractivity contribution in [3.8, 4) is 0 Å². The van der Waals surface area contributed by atoms with Crippen molar-refractivity contribution >= 4 is 0 Å². The van der Waals surface area contributed by atoms with Gasteiger partial charge in [-0.3, -0.25) is 0 Å². The molecule has 46 valence electrons. The van der Waals surface area contributed by atoms with Crippen LogP contribution in [0.25, 0.3) is 0 Å². The summed E-state index contributed by atoms with van der Waals surface area (Å²) >= 11 is 0. The molecule has 0 aromatic carbocycles. The zero-order valence-electron chi connectivity index (χ0n) is 4.50. The van der Waals surface area contributed by atoms with E-state index in [2.05, 4.69) is 0 Å². The molecular weight excluding hydrogens is 108 g/mol. The molecule has 0 spiro atoms. The van der Waals surface area contributed by atoms with Crippen molar-refractivity contribution in [1.82, 2.24) is 0 Å². The first-order valence-electron chi connectivity index (χ1n) is 2.80. The van der Waals surface area contributed by atoms with Gasteiger partial charge in [0.05, 0.1) is 19.8 Å². The van der Waals surface area contributed by atoms with Crippen LogP contribution in [-0.4, -0.2) is 32.2 Å². The summed E-state index contributed by atoms with van der Waals surface area (Å²) < 4.78 is 15.5. The van der Waals surface area contributed by atoms with E-state index in [0.717, 1.165) is 0 Å². The fourth-order valence-corrected chi connectivity index (χ4v) is 0.978. The highest BCUT2D eigenvalue weighted by Gasteiger charge is 2.30. The monoisotopic (exact) mass is 116 g/mol. The summed E-state index contributed by atoms with van der Waals surface area (Å²) in [5.41, 5.74) is 0. The Kier molecular flexibility index (Phi) is 0.997. The third-order valence-electron chi connectivity index (χ3n) is 1.37. The van der Waals surface area contributed by atoms with Crippen LogP contribution in [-0.2, 0) is 14.2 Å². The third kappa shape index (κ3) is 0.632. The average molecular weight is 116 g/mol. The minimum absolute atomic E-state index is 0.0613. The second-order valence-corrected chi connectivity index (χ2v) is 2.06. The Labute approximate surface area is 47.5 Å². The maximum Gasteiger partial charge on any atom is 0.181 e. The van der Waals surface area contributed by atoms with Crippen LogP contribution >= 0.6 is 0 Å². The van der Waals surface area contributed by atoms with Gasteiger partial charge in [-0.25, -0.2) is 0 Å². The van der Waals surface area contributed by atoms with Crippen molar-refractivity contribution in [1.29, 1.82) is 0 Å². The van der Waals surface area contributed by atoms with Crippen molar-refractivity contribution in [2.24, 2.45) is 0 Å². The van der Waals surface area contributed by atoms with Gasteiger partial charge in [0.1, 0.15) is 6.10 Å². The molecule has 2 bridgehead atoms. The maximum absolute atomic E-state index is 5.25. The predicted octanol–water partition coefficient (Wildman–Crippen LogP) is -0.242. The molecule has 2 heterocycles. The van der Waals surface area contributed by atoms with Gasteiger partial charge in [0.25, 0.3) is 0 Å². The normalized spacial score (nSPS) is 45.0. The van der Waals surface area contributed by atoms with E-state index in [1.165, 1.54) is 0 Å². The minimum atomic E-state index is -0.0613. The first kappa shape index (κ1) is 4.73. The molecule has 2 fully saturated rings. The zero-order valence-corrected chi connectivity index (χ0v) is 4.50. The molecule has 0 unspecified atom stereocenters. The molecule has 0 radical (unpaired) electrons. The van der Waals surface area contributed by atoms with Crippen LogP contribution in [0.4, 0.5) is 0 Å². The highest BCUT2D eigenvalue weighted by atomic mass is 16.8. The third-order valence-corrected chi connectivity index (χ3v) is 1.37. The van der Waals surface area contributed by atoms with Crippen LogP contribution < -0.4 is 0 Å². The lowest BCUT2D eigenvalue weighted by Gasteiger charge is -2.17. The van der Waals surface area contributed by atoms with E-state index >= 15 is 0 Å². The van der Waals surface area contributed by atoms with Crippen LogP contribution in [0.2, 0.25) is 0 Å². The molecule has 0 N–H and O–H groups in total. The molecule has 8 heavy (non-hydrogen) atoms. The first-order valence-corrected chi connectivity index (χ1v) is 2.80. The highest BCUT2D eigenvalue weighted by Crippen LogP contribution is 2.16. The van der Waals surface area contributed by atoms with E-state index in [-0.39, 0.29) is 12.4 Å². The Balaban J connectivity index is 2.03. The number of hydrogen-bond acceptors (Lipinski definition) is 3. The largest absolute Gasteiger partial charge is 0.373 e. The summed E-state index contributed by atoms with van der Waals surface area (Å²) in [5, 5.41) is 0. The first-order chi connectivity index (χ1) is 3.95. The van der Waals surface area contributed by atoms with E-state index in [1.54, 1.807) is 0 Å². The smallest absolute Gasteiger partial charge is 0.181 e. The molecule has 2 atom stereocenters. The molecule has 2 saturated heterocycles. The number of ether oxygens (including phenoxy) is 3. The lowest BCUT2D eigenvalue weighted by atomic mass is 10.4. The molecule has 2 aliphatic heterocycles. The molecule has 0 aromatic rings. The fraction of sp³-hybridized carbons (Fsp3) is 1.00. The fourth-order valence-electron chi connectivity index (χ4n) is 0.978. The van der Waals surface area contributed by atoms with E-state index in [4.69, 9.17) is 14.2 Å². The molecule has 0 saturated carbocycles. The van der Waals surface area contributed by atoms with E-state index in [9.17, 15) is 0 Å². The molecule has 2 rings (SSSR count). The SMILES string of the molecule is C1OC[C@@H]2OC[C@H]1O2. The lowest BCUT2D eigenvalue weighted by Crippen LogP contribution is -2.28. The van der Waals surface area contributed by atoms with E-state index < -0.39 is 0 Å². The number of hydrogen-bond donors (Lipinski definition) is 0. The van der Waals surface area contributed by atoms with Gasteiger partial charge >= 0.3 is 0 Å². The molecular formula is C5H8O3. The molecule has 0 amide bonds. The van der Waals surface area contributed by atoms with Gasteiger partial charge < -0.3 is 14.2 Å². The molecule has 0 aromatic heterocycles. The summed E-state index contributed by atoms with van der Waals surface area (Å²) in [6.07, 6.45) is 0.155. The molecule has 0 aliphatic carbocycles. The van der Waals surface area contributed by atoms with Crippen molar-refractivity contribution in [2.75, 3.05) is 19.8 Å². The predicted molar refractivity (Wildman–Crippen MR) is 25.4 cm³/mol. The molecule has 2 aliphatic rings. The zero-order chi connectivity index (χ0) is 5.40. The Morgan fingerprint density at radius 3 is 2.88 bits per heavy atom. The van der Waals surface area contributed by atoms with Gasteiger partial charge in [-0.15, -0.1) is 0 Å². The Hall–Kier alpha value is -0.120. The van der Waals surface area contributed by atoms with E-state index in [1.807, 2.05) is 0 Å². The van der Waals surface area contributed by atoms with Gasteiger partial charge in [-0.05, 0) is 0 Å². The molecule has 3 nitrogen and oxygen atoms in total. The van der Waals surface area contributed by atoms with Gasteiger partial charge in [-0.1, -0.05) is 0 Å². The minimum Gasteiger partial charge on any atom is -0.373 e. The standard InChI is InChI=1S/C5H8O3/c1-4-2-7-5(8-4)3-6-1/h4-5H,1-3H2/t4-,5+/m0/s1. The van der Waals surface area contributed by atoms with Crippen molar-refractivity contribution < 1.29 is 14.2 Å². The summed E-state index contributed by atoms with van der Waals surface area (Å²) in [5.74, 6) is 0. The van der Waals surface area contributed by atoms with Crippen LogP contribution in [0, 0.1) is 0 Å². The molecule has 3 heteroatoms. The van der Waals surface area contributed by atoms with Gasteiger partial charge in [0, 0.05) is 0 Å². The summed E-state index contributed by atoms with van der Waals surface area (Å²) in [4.78, 5) is 0. The second-order valence-electron chi connectivity index (χ2n) is 2.06. The number of rotatable bonds is 0. The summed E-state index contributed by atoms with van der Waals surface area (Å²) in [7, 11) is 0. The summed E-state index contributed by atoms with van der Waals surface area (Å²) in [6, 6.07) is 0. The van der Waals surface area contributed by atoms with E-state index in [0.29, 0.717) is 19.8 Å². The van der Waals surface area contributed by atoms with Crippen LogP contribution in [0.15, 0.2) is 0 Å². The highest BCUT2D eigenvalue weighted by molar-refractivity contribution is 4.68. The van der Waals surface area contributed by atoms with Gasteiger partial charge in [0.2, 0.25) is 0 Å². The Morgan fingerprint density at radius 1 is 1.12 bits per heavy atom.